The first kappa shape index (κ1) is 26.3. The Kier molecular flexibility index (Phi) is 11.3. The van der Waals surface area contributed by atoms with Gasteiger partial charge in [-0.3, -0.25) is 0 Å². The van der Waals surface area contributed by atoms with E-state index in [1.807, 2.05) is 36.4 Å². The Balaban J connectivity index is 0.000000186. The zero-order chi connectivity index (χ0) is 22.0. The molecule has 4 heteroatoms. The second-order valence-electron chi connectivity index (χ2n) is 7.90. The van der Waals surface area contributed by atoms with Crippen LogP contribution in [0.25, 0.3) is 0 Å². The summed E-state index contributed by atoms with van der Waals surface area (Å²) in [5.74, 6) is 0. The van der Waals surface area contributed by atoms with Crippen LogP contribution in [0.2, 0.25) is 0 Å². The molecule has 172 valence electrons. The first-order valence-corrected chi connectivity index (χ1v) is 15.2. The fraction of sp³-hybridized carbons (Fsp3) is 0.172. The van der Waals surface area contributed by atoms with Gasteiger partial charge in [-0.1, -0.05) is 73.5 Å². The molecule has 0 atom stereocenters. The van der Waals surface area contributed by atoms with Gasteiger partial charge in [0.2, 0.25) is 0 Å². The maximum Gasteiger partial charge on any atom is -0.0129 e. The van der Waals surface area contributed by atoms with Gasteiger partial charge < -0.3 is 17.0 Å². The molecule has 0 N–H and O–H groups in total. The van der Waals surface area contributed by atoms with Gasteiger partial charge in [0.25, 0.3) is 0 Å². The summed E-state index contributed by atoms with van der Waals surface area (Å²) < 4.78 is 0. The fourth-order valence-electron chi connectivity index (χ4n) is 4.16. The molecule has 0 bridgehead atoms. The molecule has 5 rings (SSSR count). The van der Waals surface area contributed by atoms with Gasteiger partial charge in [0, 0.05) is 0 Å². The summed E-state index contributed by atoms with van der Waals surface area (Å²) in [6.07, 6.45) is 5.66. The Morgan fingerprint density at radius 3 is 1.12 bits per heavy atom. The molecule has 1 aliphatic carbocycles. The number of benzene rings is 4. The van der Waals surface area contributed by atoms with E-state index in [9.17, 15) is 0 Å². The van der Waals surface area contributed by atoms with Crippen molar-refractivity contribution < 1.29 is 32.0 Å². The Labute approximate surface area is 219 Å². The second kappa shape index (κ2) is 14.2. The van der Waals surface area contributed by atoms with E-state index >= 15 is 0 Å². The molecule has 0 nitrogen and oxygen atoms in total. The molecule has 0 heterocycles. The maximum absolute atomic E-state index is 5.21. The molecule has 0 aliphatic heterocycles. The van der Waals surface area contributed by atoms with Gasteiger partial charge in [-0.2, -0.15) is 0 Å². The van der Waals surface area contributed by atoms with Crippen LogP contribution in [0.3, 0.4) is 0 Å². The molecule has 1 aliphatic rings. The fourth-order valence-corrected chi connectivity index (χ4v) is 9.18. The molecule has 4 aromatic rings. The second-order valence-corrected chi connectivity index (χ2v) is 13.3. The van der Waals surface area contributed by atoms with Crippen LogP contribution in [0, 0.1) is 0 Å². The van der Waals surface area contributed by atoms with Gasteiger partial charge in [0.05, 0.1) is 0 Å². The van der Waals surface area contributed by atoms with Crippen LogP contribution in [0.4, 0.5) is 0 Å². The quantitative estimate of drug-likeness (QED) is 0.251. The van der Waals surface area contributed by atoms with Gasteiger partial charge in [0.15, 0.2) is 0 Å². The van der Waals surface area contributed by atoms with Gasteiger partial charge >= 0.3 is 93.0 Å². The molecule has 0 aromatic heterocycles. The zero-order valence-corrected chi connectivity index (χ0v) is 22.9. The summed E-state index contributed by atoms with van der Waals surface area (Å²) in [5, 5.41) is 5.64. The Morgan fingerprint density at radius 1 is 0.485 bits per heavy atom. The minimum absolute atomic E-state index is 0. The van der Waals surface area contributed by atoms with Crippen molar-refractivity contribution in [2.24, 2.45) is 0 Å². The van der Waals surface area contributed by atoms with Crippen molar-refractivity contribution in [1.82, 2.24) is 0 Å². The van der Waals surface area contributed by atoms with Crippen molar-refractivity contribution in [1.29, 1.82) is 0 Å². The summed E-state index contributed by atoms with van der Waals surface area (Å²) in [7, 11) is -0.152. The van der Waals surface area contributed by atoms with E-state index in [4.69, 9.17) is 15.0 Å². The molecule has 0 spiro atoms. The van der Waals surface area contributed by atoms with Crippen LogP contribution in [0.5, 0.6) is 0 Å². The number of hydrogen-bond donors (Lipinski definition) is 0. The minimum atomic E-state index is -0.546. The largest absolute Gasteiger partial charge is 0.0622 e. The topological polar surface area (TPSA) is 0 Å². The van der Waals surface area contributed by atoms with Crippen molar-refractivity contribution in [2.45, 2.75) is 31.3 Å². The Bertz CT molecular complexity index is 961. The van der Waals surface area contributed by atoms with E-state index in [2.05, 4.69) is 84.9 Å². The van der Waals surface area contributed by atoms with Crippen molar-refractivity contribution in [3.05, 3.63) is 121 Å². The molecule has 4 aromatic carbocycles. The van der Waals surface area contributed by atoms with E-state index in [0.29, 0.717) is 0 Å². The normalized spacial score (nSPS) is 13.3. The molecule has 1 fully saturated rings. The van der Waals surface area contributed by atoms with Crippen molar-refractivity contribution in [3.8, 4) is 0 Å². The van der Waals surface area contributed by atoms with Gasteiger partial charge in [-0.25, -0.2) is 0 Å². The summed E-state index contributed by atoms with van der Waals surface area (Å²) in [6, 6.07) is 42.9. The number of hydrogen-bond acceptors (Lipinski definition) is 0. The third kappa shape index (κ3) is 7.60. The van der Waals surface area contributed by atoms with Crippen molar-refractivity contribution in [3.63, 3.8) is 0 Å². The van der Waals surface area contributed by atoms with Crippen LogP contribution >= 0.6 is 14.6 Å². The predicted octanol–water partition coefficient (Wildman–Crippen LogP) is 3.65. The number of rotatable bonds is 5. The average Bonchev–Trinajstić information content (AvgIpc) is 3.41. The van der Waals surface area contributed by atoms with Gasteiger partial charge in [-0.15, -0.1) is 0 Å². The monoisotopic (exact) mass is 576 g/mol. The van der Waals surface area contributed by atoms with Crippen molar-refractivity contribution in [2.75, 3.05) is 0 Å². The smallest absolute Gasteiger partial charge is 0.0129 e. The molecule has 0 saturated heterocycles. The van der Waals surface area contributed by atoms with Gasteiger partial charge in [0.1, 0.15) is 0 Å². The summed E-state index contributed by atoms with van der Waals surface area (Å²) >= 11 is 5.21. The molecular weight excluding hydrogens is 549 g/mol. The predicted molar refractivity (Wildman–Crippen MR) is 140 cm³/mol. The third-order valence-corrected chi connectivity index (χ3v) is 11.6. The van der Waals surface area contributed by atoms with Crippen LogP contribution in [0.1, 0.15) is 25.7 Å². The molecular formula is C29H29BrNiP2. The van der Waals surface area contributed by atoms with Gasteiger partial charge in [-0.05, 0) is 37.0 Å². The molecule has 1 saturated carbocycles. The van der Waals surface area contributed by atoms with E-state index in [1.54, 1.807) is 10.6 Å². The maximum atomic E-state index is 5.21. The summed E-state index contributed by atoms with van der Waals surface area (Å²) in [6.45, 7) is -0.546. The van der Waals surface area contributed by atoms with Crippen LogP contribution in [-0.2, 0) is 15.0 Å². The molecule has 0 unspecified atom stereocenters. The van der Waals surface area contributed by atoms with E-state index < -0.39 is 6.70 Å². The average molecular weight is 578 g/mol. The van der Waals surface area contributed by atoms with Crippen LogP contribution < -0.4 is 38.2 Å². The third-order valence-electron chi connectivity index (χ3n) is 5.69. The Hall–Kier alpha value is -1.29. The van der Waals surface area contributed by atoms with E-state index in [-0.39, 0.29) is 24.9 Å². The SMILES string of the molecule is [Br-].[Ni+][P](c1ccccc1)c1ccccc1.c1ccc(P(c2ccccc2)C2CCCC2)cc1. The van der Waals surface area contributed by atoms with Crippen LogP contribution in [-0.4, -0.2) is 5.66 Å². The van der Waals surface area contributed by atoms with Crippen molar-refractivity contribution >= 4 is 35.8 Å². The zero-order valence-electron chi connectivity index (χ0n) is 18.5. The minimum Gasteiger partial charge on any atom is -0.0622 e. The molecule has 33 heavy (non-hydrogen) atoms. The molecule has 0 radical (unpaired) electrons. The summed E-state index contributed by atoms with van der Waals surface area (Å²) in [5.41, 5.74) is 0.893. The first-order valence-electron chi connectivity index (χ1n) is 11.3. The van der Waals surface area contributed by atoms with E-state index in [0.717, 1.165) is 5.66 Å². The standard InChI is InChI=1S/C17H19P.C12H10P.BrH.Ni/c1-3-9-15(10-4-1)18(17-13-7-8-14-17)16-11-5-2-6-12-16;1-3-7-11(8-4-1)13-12-9-5-2-6-10-12;;/h1-6,9-12,17H,7-8,13-14H2;1-10H;1H;/q;-1;;+2/p-1. The Morgan fingerprint density at radius 2 is 0.788 bits per heavy atom. The number of halogens is 1. The van der Waals surface area contributed by atoms with Crippen LogP contribution in [0.15, 0.2) is 121 Å². The summed E-state index contributed by atoms with van der Waals surface area (Å²) in [4.78, 5) is 0. The first-order chi connectivity index (χ1) is 15.8. The molecule has 0 amide bonds. The van der Waals surface area contributed by atoms with E-state index in [1.165, 1.54) is 36.3 Å².